The SMILES string of the molecule is CCCCCCC[N+](C)(CCCCCCC)CCCCCCC.COC(=O)[O-]. The number of unbranched alkanes of at least 4 members (excludes halogenated alkanes) is 12. The summed E-state index contributed by atoms with van der Waals surface area (Å²) >= 11 is 0. The van der Waals surface area contributed by atoms with Crippen molar-refractivity contribution in [1.29, 1.82) is 0 Å². The molecule has 0 radical (unpaired) electrons. The molecular formula is C24H51NO3. The Kier molecular flexibility index (Phi) is 23.7. The highest BCUT2D eigenvalue weighted by atomic mass is 16.6. The molecule has 0 rings (SSSR count). The maximum atomic E-state index is 9.03. The summed E-state index contributed by atoms with van der Waals surface area (Å²) in [5, 5.41) is 9.03. The molecule has 4 heteroatoms. The van der Waals surface area contributed by atoms with Crippen LogP contribution in [-0.4, -0.2) is 44.4 Å². The molecule has 0 aliphatic rings. The van der Waals surface area contributed by atoms with Crippen LogP contribution in [0.25, 0.3) is 0 Å². The van der Waals surface area contributed by atoms with Crippen LogP contribution < -0.4 is 5.11 Å². The minimum Gasteiger partial charge on any atom is -0.553 e. The summed E-state index contributed by atoms with van der Waals surface area (Å²) in [7, 11) is 3.58. The number of nitrogens with zero attached hydrogens (tertiary/aromatic N) is 1. The minimum atomic E-state index is -1.50. The molecule has 0 bridgehead atoms. The molecule has 0 aromatic heterocycles. The van der Waals surface area contributed by atoms with E-state index in [0.717, 1.165) is 7.11 Å². The van der Waals surface area contributed by atoms with Gasteiger partial charge in [0, 0.05) is 7.11 Å². The summed E-state index contributed by atoms with van der Waals surface area (Å²) in [5.41, 5.74) is 0. The van der Waals surface area contributed by atoms with E-state index < -0.39 is 6.16 Å². The van der Waals surface area contributed by atoms with Crippen molar-refractivity contribution in [2.45, 2.75) is 117 Å². The van der Waals surface area contributed by atoms with Gasteiger partial charge in [0.1, 0.15) is 0 Å². The van der Waals surface area contributed by atoms with E-state index in [1.54, 1.807) is 0 Å². The summed E-state index contributed by atoms with van der Waals surface area (Å²) in [6, 6.07) is 0. The van der Waals surface area contributed by atoms with Gasteiger partial charge < -0.3 is 19.1 Å². The number of hydrogen-bond acceptors (Lipinski definition) is 3. The lowest BCUT2D eigenvalue weighted by molar-refractivity contribution is -0.910. The lowest BCUT2D eigenvalue weighted by Crippen LogP contribution is -2.46. The first-order valence-electron chi connectivity index (χ1n) is 12.0. The van der Waals surface area contributed by atoms with Crippen molar-refractivity contribution in [3.8, 4) is 0 Å². The first-order valence-corrected chi connectivity index (χ1v) is 12.0. The molecule has 0 aliphatic heterocycles. The number of rotatable bonds is 18. The molecule has 0 spiro atoms. The standard InChI is InChI=1S/C22H48N.C2H4O3/c1-5-8-11-14-17-20-23(4,21-18-15-12-9-6-2)22-19-16-13-10-7-3;1-5-2(3)4/h5-22H2,1-4H3;1H3,(H,3,4)/q+1;/p-1. The molecule has 0 unspecified atom stereocenters. The quantitative estimate of drug-likeness (QED) is 0.153. The molecule has 28 heavy (non-hydrogen) atoms. The van der Waals surface area contributed by atoms with Crippen LogP contribution in [0.3, 0.4) is 0 Å². The van der Waals surface area contributed by atoms with Crippen molar-refractivity contribution >= 4 is 6.16 Å². The van der Waals surface area contributed by atoms with Crippen molar-refractivity contribution in [2.24, 2.45) is 0 Å². The predicted molar refractivity (Wildman–Crippen MR) is 119 cm³/mol. The molecule has 0 heterocycles. The lowest BCUT2D eigenvalue weighted by Gasteiger charge is -2.35. The number of hydrogen-bond donors (Lipinski definition) is 0. The second kappa shape index (κ2) is 22.5. The largest absolute Gasteiger partial charge is 0.553 e. The fourth-order valence-electron chi connectivity index (χ4n) is 3.63. The zero-order valence-corrected chi connectivity index (χ0v) is 19.9. The predicted octanol–water partition coefficient (Wildman–Crippen LogP) is 6.32. The molecule has 0 saturated heterocycles. The maximum Gasteiger partial charge on any atom is 0.251 e. The lowest BCUT2D eigenvalue weighted by atomic mass is 10.1. The topological polar surface area (TPSA) is 49.4 Å². The van der Waals surface area contributed by atoms with Gasteiger partial charge in [-0.25, -0.2) is 0 Å². The Morgan fingerprint density at radius 3 is 1.11 bits per heavy atom. The van der Waals surface area contributed by atoms with Gasteiger partial charge in [-0.3, -0.25) is 0 Å². The summed E-state index contributed by atoms with van der Waals surface area (Å²) < 4.78 is 4.91. The molecule has 0 aliphatic carbocycles. The number of carbonyl (C=O) groups is 1. The Bertz CT molecular complexity index is 285. The van der Waals surface area contributed by atoms with Crippen LogP contribution in [0.15, 0.2) is 0 Å². The number of carbonyl (C=O) groups excluding carboxylic acids is 1. The smallest absolute Gasteiger partial charge is 0.251 e. The second-order valence-corrected chi connectivity index (χ2v) is 8.49. The third-order valence-electron chi connectivity index (χ3n) is 5.57. The van der Waals surface area contributed by atoms with Crippen molar-refractivity contribution in [3.05, 3.63) is 0 Å². The molecule has 0 aromatic rings. The molecule has 0 aromatic carbocycles. The molecule has 0 amide bonds. The highest BCUT2D eigenvalue weighted by molar-refractivity contribution is 5.53. The van der Waals surface area contributed by atoms with Gasteiger partial charge in [-0.1, -0.05) is 78.6 Å². The second-order valence-electron chi connectivity index (χ2n) is 8.49. The number of ether oxygens (including phenoxy) is 1. The van der Waals surface area contributed by atoms with E-state index in [-0.39, 0.29) is 0 Å². The van der Waals surface area contributed by atoms with Crippen molar-refractivity contribution in [3.63, 3.8) is 0 Å². The van der Waals surface area contributed by atoms with Gasteiger partial charge >= 0.3 is 0 Å². The number of methoxy groups -OCH3 is 1. The molecule has 0 fully saturated rings. The first-order chi connectivity index (χ1) is 13.5. The zero-order chi connectivity index (χ0) is 21.5. The first kappa shape index (κ1) is 29.4. The fourth-order valence-corrected chi connectivity index (χ4v) is 3.63. The molecule has 170 valence electrons. The van der Waals surface area contributed by atoms with E-state index >= 15 is 0 Å². The van der Waals surface area contributed by atoms with E-state index in [2.05, 4.69) is 32.6 Å². The summed E-state index contributed by atoms with van der Waals surface area (Å²) in [5.74, 6) is 0. The normalized spacial score (nSPS) is 11.0. The Morgan fingerprint density at radius 1 is 0.643 bits per heavy atom. The maximum absolute atomic E-state index is 9.03. The third kappa shape index (κ3) is 23.3. The Hall–Kier alpha value is -0.770. The summed E-state index contributed by atoms with van der Waals surface area (Å²) in [6.07, 6.45) is 19.9. The van der Waals surface area contributed by atoms with Gasteiger partial charge in [-0.2, -0.15) is 0 Å². The van der Waals surface area contributed by atoms with Gasteiger partial charge in [0.2, 0.25) is 0 Å². The monoisotopic (exact) mass is 401 g/mol. The van der Waals surface area contributed by atoms with E-state index in [1.807, 2.05) is 0 Å². The van der Waals surface area contributed by atoms with Crippen LogP contribution >= 0.6 is 0 Å². The molecule has 4 nitrogen and oxygen atoms in total. The molecule has 0 atom stereocenters. The van der Waals surface area contributed by atoms with E-state index in [4.69, 9.17) is 9.90 Å². The van der Waals surface area contributed by atoms with Gasteiger partial charge in [0.15, 0.2) is 0 Å². The van der Waals surface area contributed by atoms with E-state index in [9.17, 15) is 0 Å². The zero-order valence-electron chi connectivity index (χ0n) is 19.9. The highest BCUT2D eigenvalue weighted by Crippen LogP contribution is 2.15. The molecule has 0 saturated carbocycles. The van der Waals surface area contributed by atoms with Gasteiger partial charge in [-0.05, 0) is 38.5 Å². The average molecular weight is 402 g/mol. The molecule has 0 N–H and O–H groups in total. The third-order valence-corrected chi connectivity index (χ3v) is 5.57. The van der Waals surface area contributed by atoms with Crippen molar-refractivity contribution < 1.29 is 19.1 Å². The average Bonchev–Trinajstić information content (AvgIpc) is 2.68. The number of quaternary nitrogens is 1. The van der Waals surface area contributed by atoms with Crippen LogP contribution in [-0.2, 0) is 4.74 Å². The van der Waals surface area contributed by atoms with Crippen LogP contribution in [0.5, 0.6) is 0 Å². The number of carboxylic acid groups (broad SMARTS) is 1. The summed E-state index contributed by atoms with van der Waals surface area (Å²) in [4.78, 5) is 9.03. The minimum absolute atomic E-state index is 1.04. The summed E-state index contributed by atoms with van der Waals surface area (Å²) in [6.45, 7) is 11.2. The Balaban J connectivity index is 0. The van der Waals surface area contributed by atoms with Crippen LogP contribution in [0, 0.1) is 0 Å². The van der Waals surface area contributed by atoms with Gasteiger partial charge in [0.25, 0.3) is 6.16 Å². The van der Waals surface area contributed by atoms with Crippen LogP contribution in [0.4, 0.5) is 4.79 Å². The molecular weight excluding hydrogens is 350 g/mol. The highest BCUT2D eigenvalue weighted by Gasteiger charge is 2.19. The fraction of sp³-hybridized carbons (Fsp3) is 0.958. The van der Waals surface area contributed by atoms with E-state index in [1.165, 1.54) is 120 Å². The van der Waals surface area contributed by atoms with Gasteiger partial charge in [0.05, 0.1) is 26.7 Å². The van der Waals surface area contributed by atoms with Crippen molar-refractivity contribution in [1.82, 2.24) is 0 Å². The van der Waals surface area contributed by atoms with E-state index in [0.29, 0.717) is 0 Å². The van der Waals surface area contributed by atoms with Crippen LogP contribution in [0.1, 0.15) is 117 Å². The van der Waals surface area contributed by atoms with Crippen LogP contribution in [0.2, 0.25) is 0 Å². The Morgan fingerprint density at radius 2 is 0.893 bits per heavy atom. The Labute approximate surface area is 176 Å². The van der Waals surface area contributed by atoms with Crippen molar-refractivity contribution in [2.75, 3.05) is 33.8 Å². The van der Waals surface area contributed by atoms with Gasteiger partial charge in [-0.15, -0.1) is 0 Å².